The summed E-state index contributed by atoms with van der Waals surface area (Å²) in [5.74, 6) is -0.212. The molecule has 0 aliphatic carbocycles. The summed E-state index contributed by atoms with van der Waals surface area (Å²) in [6, 6.07) is 3.08. The van der Waals surface area contributed by atoms with E-state index in [1.54, 1.807) is 13.0 Å². The Labute approximate surface area is 139 Å². The summed E-state index contributed by atoms with van der Waals surface area (Å²) in [7, 11) is 0. The van der Waals surface area contributed by atoms with Crippen LogP contribution in [0.2, 0.25) is 0 Å². The highest BCUT2D eigenvalue weighted by atomic mass is 127. The first-order valence-corrected chi connectivity index (χ1v) is 7.20. The molecule has 3 N–H and O–H groups in total. The van der Waals surface area contributed by atoms with E-state index in [1.165, 1.54) is 0 Å². The molecule has 18 heavy (non-hydrogen) atoms. The van der Waals surface area contributed by atoms with Crippen LogP contribution in [0.15, 0.2) is 12.1 Å². The van der Waals surface area contributed by atoms with Crippen LogP contribution in [-0.4, -0.2) is 17.7 Å². The van der Waals surface area contributed by atoms with Crippen molar-refractivity contribution in [1.82, 2.24) is 0 Å². The highest BCUT2D eigenvalue weighted by molar-refractivity contribution is 14.1. The molecule has 0 heterocycles. The van der Waals surface area contributed by atoms with Crippen LogP contribution in [0.5, 0.6) is 5.75 Å². The third kappa shape index (κ3) is 5.06. The SMILES string of the molecule is CCOC(=O)C[C@@H](N)c1cc(I)cc(I)c1O.Cl. The monoisotopic (exact) mass is 497 g/mol. The van der Waals surface area contributed by atoms with Gasteiger partial charge in [-0.05, 0) is 64.2 Å². The van der Waals surface area contributed by atoms with Crippen LogP contribution in [0, 0.1) is 7.14 Å². The molecule has 0 unspecified atom stereocenters. The van der Waals surface area contributed by atoms with E-state index in [9.17, 15) is 9.90 Å². The van der Waals surface area contributed by atoms with Crippen molar-refractivity contribution in [2.45, 2.75) is 19.4 Å². The largest absolute Gasteiger partial charge is 0.506 e. The number of benzene rings is 1. The topological polar surface area (TPSA) is 72.5 Å². The molecule has 0 saturated carbocycles. The lowest BCUT2D eigenvalue weighted by atomic mass is 10.0. The quantitative estimate of drug-likeness (QED) is 0.496. The third-order valence-electron chi connectivity index (χ3n) is 2.15. The number of halogens is 3. The number of hydrogen-bond acceptors (Lipinski definition) is 4. The maximum atomic E-state index is 11.3. The number of nitrogens with two attached hydrogens (primary N) is 1. The number of carbonyl (C=O) groups is 1. The van der Waals surface area contributed by atoms with Gasteiger partial charge in [-0.1, -0.05) is 0 Å². The van der Waals surface area contributed by atoms with Crippen LogP contribution in [0.4, 0.5) is 0 Å². The molecular formula is C11H14ClI2NO3. The Morgan fingerprint density at radius 2 is 2.11 bits per heavy atom. The molecule has 1 aromatic carbocycles. The number of aromatic hydroxyl groups is 1. The number of hydrogen-bond donors (Lipinski definition) is 2. The van der Waals surface area contributed by atoms with Gasteiger partial charge in [-0.3, -0.25) is 4.79 Å². The molecule has 0 radical (unpaired) electrons. The predicted molar refractivity (Wildman–Crippen MR) is 89.0 cm³/mol. The van der Waals surface area contributed by atoms with Crippen molar-refractivity contribution in [3.05, 3.63) is 24.8 Å². The van der Waals surface area contributed by atoms with Crippen molar-refractivity contribution in [2.24, 2.45) is 5.73 Å². The highest BCUT2D eigenvalue weighted by Gasteiger charge is 2.18. The first kappa shape index (κ1) is 18.2. The molecule has 0 bridgehead atoms. The molecule has 1 aromatic rings. The first-order valence-electron chi connectivity index (χ1n) is 5.04. The van der Waals surface area contributed by atoms with Crippen LogP contribution in [0.3, 0.4) is 0 Å². The van der Waals surface area contributed by atoms with E-state index in [4.69, 9.17) is 10.5 Å². The van der Waals surface area contributed by atoms with Gasteiger partial charge in [-0.2, -0.15) is 0 Å². The molecule has 0 aliphatic rings. The third-order valence-corrected chi connectivity index (χ3v) is 3.59. The fourth-order valence-electron chi connectivity index (χ4n) is 1.38. The van der Waals surface area contributed by atoms with E-state index in [-0.39, 0.29) is 30.5 Å². The summed E-state index contributed by atoms with van der Waals surface area (Å²) in [4.78, 5) is 11.3. The first-order chi connectivity index (χ1) is 7.95. The molecule has 0 amide bonds. The lowest BCUT2D eigenvalue weighted by molar-refractivity contribution is -0.143. The Morgan fingerprint density at radius 1 is 1.50 bits per heavy atom. The molecule has 4 nitrogen and oxygen atoms in total. The van der Waals surface area contributed by atoms with Crippen molar-refractivity contribution in [1.29, 1.82) is 0 Å². The van der Waals surface area contributed by atoms with Gasteiger partial charge in [0.2, 0.25) is 0 Å². The second kappa shape index (κ2) is 8.39. The maximum absolute atomic E-state index is 11.3. The molecule has 0 spiro atoms. The summed E-state index contributed by atoms with van der Waals surface area (Å²) >= 11 is 4.18. The predicted octanol–water partition coefficient (Wildman–Crippen LogP) is 2.98. The zero-order valence-electron chi connectivity index (χ0n) is 9.65. The van der Waals surface area contributed by atoms with Crippen LogP contribution in [0.25, 0.3) is 0 Å². The lowest BCUT2D eigenvalue weighted by Crippen LogP contribution is -2.17. The molecule has 102 valence electrons. The van der Waals surface area contributed by atoms with Gasteiger partial charge in [0.25, 0.3) is 0 Å². The minimum Gasteiger partial charge on any atom is -0.506 e. The van der Waals surface area contributed by atoms with Gasteiger partial charge in [-0.25, -0.2) is 0 Å². The van der Waals surface area contributed by atoms with E-state index in [1.807, 2.05) is 28.7 Å². The average Bonchev–Trinajstić information content (AvgIpc) is 2.23. The summed E-state index contributed by atoms with van der Waals surface area (Å²) in [6.07, 6.45) is 0.0670. The van der Waals surface area contributed by atoms with Crippen molar-refractivity contribution in [2.75, 3.05) is 6.61 Å². The maximum Gasteiger partial charge on any atom is 0.307 e. The normalized spacial score (nSPS) is 11.6. The van der Waals surface area contributed by atoms with Crippen LogP contribution < -0.4 is 5.73 Å². The molecule has 7 heteroatoms. The van der Waals surface area contributed by atoms with E-state index in [0.717, 1.165) is 7.14 Å². The zero-order valence-corrected chi connectivity index (χ0v) is 14.8. The second-order valence-corrected chi connectivity index (χ2v) is 5.85. The molecule has 1 atom stereocenters. The standard InChI is InChI=1S/C11H13I2NO3.ClH/c1-2-17-10(15)5-9(14)7-3-6(12)4-8(13)11(7)16;/h3-4,9,16H,2,5,14H2,1H3;1H/t9-;/m1./s1. The fourth-order valence-corrected chi connectivity index (χ4v) is 3.27. The number of phenols is 1. The summed E-state index contributed by atoms with van der Waals surface area (Å²) in [6.45, 7) is 2.08. The Morgan fingerprint density at radius 3 is 2.67 bits per heavy atom. The van der Waals surface area contributed by atoms with Crippen LogP contribution in [0.1, 0.15) is 24.9 Å². The Hall–Kier alpha value is 0.200. The van der Waals surface area contributed by atoms with Crippen LogP contribution in [-0.2, 0) is 9.53 Å². The van der Waals surface area contributed by atoms with Gasteiger partial charge in [0, 0.05) is 15.2 Å². The van der Waals surface area contributed by atoms with Gasteiger partial charge < -0.3 is 15.6 Å². The Kier molecular flexibility index (Phi) is 8.48. The zero-order chi connectivity index (χ0) is 13.0. The minimum atomic E-state index is -0.544. The minimum absolute atomic E-state index is 0. The second-order valence-electron chi connectivity index (χ2n) is 3.44. The van der Waals surface area contributed by atoms with Crippen molar-refractivity contribution in [3.63, 3.8) is 0 Å². The van der Waals surface area contributed by atoms with Crippen molar-refractivity contribution < 1.29 is 14.6 Å². The number of rotatable bonds is 4. The van der Waals surface area contributed by atoms with E-state index >= 15 is 0 Å². The van der Waals surface area contributed by atoms with Gasteiger partial charge in [0.15, 0.2) is 0 Å². The van der Waals surface area contributed by atoms with Gasteiger partial charge in [0.05, 0.1) is 16.6 Å². The van der Waals surface area contributed by atoms with Crippen molar-refractivity contribution >= 4 is 63.6 Å². The van der Waals surface area contributed by atoms with E-state index < -0.39 is 6.04 Å². The average molecular weight is 497 g/mol. The lowest BCUT2D eigenvalue weighted by Gasteiger charge is -2.14. The molecule has 0 aromatic heterocycles. The van der Waals surface area contributed by atoms with Crippen LogP contribution >= 0.6 is 57.6 Å². The number of esters is 1. The Bertz CT molecular complexity index is 429. The molecular weight excluding hydrogens is 483 g/mol. The molecule has 1 rings (SSSR count). The highest BCUT2D eigenvalue weighted by Crippen LogP contribution is 2.31. The summed E-state index contributed by atoms with van der Waals surface area (Å²) in [5, 5.41) is 9.89. The molecule has 0 saturated heterocycles. The number of phenolic OH excluding ortho intramolecular Hbond substituents is 1. The molecule has 0 aliphatic heterocycles. The van der Waals surface area contributed by atoms with Gasteiger partial charge >= 0.3 is 5.97 Å². The van der Waals surface area contributed by atoms with Crippen molar-refractivity contribution in [3.8, 4) is 5.75 Å². The smallest absolute Gasteiger partial charge is 0.307 e. The number of ether oxygens (including phenoxy) is 1. The summed E-state index contributed by atoms with van der Waals surface area (Å²) in [5.41, 5.74) is 6.48. The number of carbonyl (C=O) groups excluding carboxylic acids is 1. The van der Waals surface area contributed by atoms with E-state index in [2.05, 4.69) is 22.6 Å². The summed E-state index contributed by atoms with van der Waals surface area (Å²) < 4.78 is 6.53. The van der Waals surface area contributed by atoms with E-state index in [0.29, 0.717) is 12.2 Å². The Balaban J connectivity index is 0.00000289. The molecule has 0 fully saturated rings. The van der Waals surface area contributed by atoms with Gasteiger partial charge in [0.1, 0.15) is 5.75 Å². The fraction of sp³-hybridized carbons (Fsp3) is 0.364. The van der Waals surface area contributed by atoms with Gasteiger partial charge in [-0.15, -0.1) is 12.4 Å².